The summed E-state index contributed by atoms with van der Waals surface area (Å²) in [5.41, 5.74) is 7.14. The SMILES string of the molecule is Cc1cc(C)nc(Sc2cc(N)nc(C(F)(F)F)n2)c1. The molecule has 2 aromatic rings. The smallest absolute Gasteiger partial charge is 0.384 e. The van der Waals surface area contributed by atoms with E-state index in [2.05, 4.69) is 15.0 Å². The largest absolute Gasteiger partial charge is 0.451 e. The fourth-order valence-corrected chi connectivity index (χ4v) is 2.55. The molecule has 2 N–H and O–H groups in total. The van der Waals surface area contributed by atoms with Gasteiger partial charge >= 0.3 is 6.18 Å². The highest BCUT2D eigenvalue weighted by atomic mass is 32.2. The van der Waals surface area contributed by atoms with E-state index in [1.807, 2.05) is 19.9 Å². The van der Waals surface area contributed by atoms with Crippen molar-refractivity contribution >= 4 is 17.6 Å². The van der Waals surface area contributed by atoms with E-state index in [1.165, 1.54) is 6.07 Å². The summed E-state index contributed by atoms with van der Waals surface area (Å²) in [4.78, 5) is 10.9. The molecule has 2 aromatic heterocycles. The van der Waals surface area contributed by atoms with E-state index in [4.69, 9.17) is 5.73 Å². The number of rotatable bonds is 2. The molecule has 0 bridgehead atoms. The zero-order valence-electron chi connectivity index (χ0n) is 10.7. The summed E-state index contributed by atoms with van der Waals surface area (Å²) in [5.74, 6) is -1.47. The molecule has 0 saturated heterocycles. The van der Waals surface area contributed by atoms with E-state index < -0.39 is 12.0 Å². The number of aryl methyl sites for hydroxylation is 2. The molecule has 0 aliphatic heterocycles. The predicted molar refractivity (Wildman–Crippen MR) is 69.3 cm³/mol. The zero-order chi connectivity index (χ0) is 14.9. The lowest BCUT2D eigenvalue weighted by Gasteiger charge is -2.08. The van der Waals surface area contributed by atoms with Gasteiger partial charge in [0.25, 0.3) is 0 Å². The Morgan fingerprint density at radius 2 is 1.65 bits per heavy atom. The fraction of sp³-hybridized carbons (Fsp3) is 0.250. The second kappa shape index (κ2) is 5.28. The van der Waals surface area contributed by atoms with Gasteiger partial charge in [-0.3, -0.25) is 0 Å². The standard InChI is InChI=1S/C12H11F3N4S/c1-6-3-7(2)17-9(4-6)20-10-5-8(16)18-11(19-10)12(13,14)15/h3-5H,1-2H3,(H2,16,18,19). The van der Waals surface area contributed by atoms with Gasteiger partial charge in [-0.15, -0.1) is 0 Å². The molecule has 0 amide bonds. The number of hydrogen-bond acceptors (Lipinski definition) is 5. The van der Waals surface area contributed by atoms with Crippen molar-refractivity contribution in [2.24, 2.45) is 0 Å². The summed E-state index contributed by atoms with van der Waals surface area (Å²) >= 11 is 1.02. The van der Waals surface area contributed by atoms with E-state index in [-0.39, 0.29) is 10.8 Å². The summed E-state index contributed by atoms with van der Waals surface area (Å²) in [6.07, 6.45) is -4.62. The van der Waals surface area contributed by atoms with Gasteiger partial charge in [-0.25, -0.2) is 15.0 Å². The zero-order valence-corrected chi connectivity index (χ0v) is 11.5. The van der Waals surface area contributed by atoms with Crippen LogP contribution in [0.25, 0.3) is 0 Å². The lowest BCUT2D eigenvalue weighted by molar-refractivity contribution is -0.145. The van der Waals surface area contributed by atoms with Crippen molar-refractivity contribution < 1.29 is 13.2 Å². The molecule has 0 radical (unpaired) electrons. The molecule has 0 aliphatic rings. The molecule has 4 nitrogen and oxygen atoms in total. The van der Waals surface area contributed by atoms with Gasteiger partial charge in [-0.05, 0) is 43.3 Å². The Morgan fingerprint density at radius 1 is 1.00 bits per heavy atom. The second-order valence-electron chi connectivity index (χ2n) is 4.18. The van der Waals surface area contributed by atoms with Crippen LogP contribution < -0.4 is 5.73 Å². The van der Waals surface area contributed by atoms with Crippen molar-refractivity contribution in [1.82, 2.24) is 15.0 Å². The maximum Gasteiger partial charge on any atom is 0.451 e. The first-order valence-corrected chi connectivity index (χ1v) is 6.40. The number of nitrogen functional groups attached to an aromatic ring is 1. The average Bonchev–Trinajstić information content (AvgIpc) is 2.25. The van der Waals surface area contributed by atoms with Gasteiger partial charge in [0.2, 0.25) is 5.82 Å². The first-order chi connectivity index (χ1) is 9.24. The van der Waals surface area contributed by atoms with Crippen LogP contribution in [0.3, 0.4) is 0 Å². The Hall–Kier alpha value is -1.83. The lowest BCUT2D eigenvalue weighted by Crippen LogP contribution is -2.12. The van der Waals surface area contributed by atoms with Crippen molar-refractivity contribution in [3.63, 3.8) is 0 Å². The van der Waals surface area contributed by atoms with Gasteiger partial charge in [-0.1, -0.05) is 0 Å². The van der Waals surface area contributed by atoms with E-state index in [9.17, 15) is 13.2 Å². The minimum absolute atomic E-state index is 0.113. The van der Waals surface area contributed by atoms with E-state index in [0.717, 1.165) is 23.0 Å². The quantitative estimate of drug-likeness (QED) is 0.863. The minimum Gasteiger partial charge on any atom is -0.384 e. The molecule has 8 heteroatoms. The maximum absolute atomic E-state index is 12.6. The van der Waals surface area contributed by atoms with E-state index >= 15 is 0 Å². The van der Waals surface area contributed by atoms with Crippen molar-refractivity contribution in [2.75, 3.05) is 5.73 Å². The highest BCUT2D eigenvalue weighted by molar-refractivity contribution is 7.99. The second-order valence-corrected chi connectivity index (χ2v) is 5.22. The summed E-state index contributed by atoms with van der Waals surface area (Å²) in [5, 5.41) is 0.677. The predicted octanol–water partition coefficient (Wildman–Crippen LogP) is 3.24. The number of hydrogen-bond donors (Lipinski definition) is 1. The average molecular weight is 300 g/mol. The fourth-order valence-electron chi connectivity index (χ4n) is 1.59. The lowest BCUT2D eigenvalue weighted by atomic mass is 10.3. The molecular formula is C12H11F3N4S. The number of anilines is 1. The molecule has 0 saturated carbocycles. The number of aromatic nitrogens is 3. The van der Waals surface area contributed by atoms with Gasteiger partial charge in [0, 0.05) is 11.8 Å². The molecule has 2 rings (SSSR count). The van der Waals surface area contributed by atoms with Crippen LogP contribution >= 0.6 is 11.8 Å². The maximum atomic E-state index is 12.6. The number of nitrogens with two attached hydrogens (primary N) is 1. The summed E-state index contributed by atoms with van der Waals surface area (Å²) in [6, 6.07) is 4.93. The van der Waals surface area contributed by atoms with E-state index in [0.29, 0.717) is 5.03 Å². The van der Waals surface area contributed by atoms with Gasteiger partial charge in [0.1, 0.15) is 15.9 Å². The Kier molecular flexibility index (Phi) is 3.85. The molecule has 2 heterocycles. The van der Waals surface area contributed by atoms with Crippen LogP contribution in [-0.2, 0) is 6.18 Å². The van der Waals surface area contributed by atoms with Crippen molar-refractivity contribution in [3.8, 4) is 0 Å². The van der Waals surface area contributed by atoms with Gasteiger partial charge < -0.3 is 5.73 Å². The van der Waals surface area contributed by atoms with Crippen LogP contribution in [0.15, 0.2) is 28.3 Å². The van der Waals surface area contributed by atoms with Crippen molar-refractivity contribution in [3.05, 3.63) is 35.3 Å². The number of nitrogens with zero attached hydrogens (tertiary/aromatic N) is 3. The summed E-state index contributed by atoms with van der Waals surface area (Å²) in [6.45, 7) is 3.70. The first kappa shape index (κ1) is 14.6. The monoisotopic (exact) mass is 300 g/mol. The normalized spacial score (nSPS) is 11.7. The van der Waals surface area contributed by atoms with Crippen LogP contribution in [0.5, 0.6) is 0 Å². The molecular weight excluding hydrogens is 289 g/mol. The van der Waals surface area contributed by atoms with Crippen LogP contribution in [-0.4, -0.2) is 15.0 Å². The Bertz CT molecular complexity index is 623. The van der Waals surface area contributed by atoms with Crippen LogP contribution in [0.2, 0.25) is 0 Å². The topological polar surface area (TPSA) is 64.7 Å². The number of halogens is 3. The van der Waals surface area contributed by atoms with Gasteiger partial charge in [0.05, 0.1) is 0 Å². The molecule has 0 aliphatic carbocycles. The van der Waals surface area contributed by atoms with Crippen molar-refractivity contribution in [1.29, 1.82) is 0 Å². The molecule has 20 heavy (non-hydrogen) atoms. The third-order valence-electron chi connectivity index (χ3n) is 2.26. The molecule has 0 aromatic carbocycles. The molecule has 0 fully saturated rings. The summed E-state index contributed by atoms with van der Waals surface area (Å²) in [7, 11) is 0. The highest BCUT2D eigenvalue weighted by Crippen LogP contribution is 2.31. The number of pyridine rings is 1. The van der Waals surface area contributed by atoms with Gasteiger partial charge in [0.15, 0.2) is 0 Å². The van der Waals surface area contributed by atoms with Crippen LogP contribution in [0.1, 0.15) is 17.1 Å². The Balaban J connectivity index is 2.36. The molecule has 0 atom stereocenters. The Labute approximate surface area is 117 Å². The molecule has 0 spiro atoms. The number of alkyl halides is 3. The van der Waals surface area contributed by atoms with Crippen molar-refractivity contribution in [2.45, 2.75) is 30.1 Å². The summed E-state index contributed by atoms with van der Waals surface area (Å²) < 4.78 is 37.8. The third-order valence-corrected chi connectivity index (χ3v) is 3.10. The third kappa shape index (κ3) is 3.60. The minimum atomic E-state index is -4.62. The first-order valence-electron chi connectivity index (χ1n) is 5.59. The van der Waals surface area contributed by atoms with Gasteiger partial charge in [-0.2, -0.15) is 13.2 Å². The molecule has 0 unspecified atom stereocenters. The van der Waals surface area contributed by atoms with E-state index in [1.54, 1.807) is 6.07 Å². The van der Waals surface area contributed by atoms with Crippen LogP contribution in [0, 0.1) is 13.8 Å². The molecule has 106 valence electrons. The Morgan fingerprint density at radius 3 is 2.25 bits per heavy atom. The van der Waals surface area contributed by atoms with Crippen LogP contribution in [0.4, 0.5) is 19.0 Å². The highest BCUT2D eigenvalue weighted by Gasteiger charge is 2.35.